The lowest BCUT2D eigenvalue weighted by Crippen LogP contribution is -2.56. The van der Waals surface area contributed by atoms with Gasteiger partial charge in [-0.2, -0.15) is 0 Å². The molecule has 3 aromatic rings. The first kappa shape index (κ1) is 21.1. The lowest BCUT2D eigenvalue weighted by molar-refractivity contribution is 0.145. The fraction of sp³-hybridized carbons (Fsp3) is 0.259. The fourth-order valence-corrected chi connectivity index (χ4v) is 4.36. The first-order valence-corrected chi connectivity index (χ1v) is 11.3. The number of urea groups is 1. The summed E-state index contributed by atoms with van der Waals surface area (Å²) in [6, 6.07) is 21.9. The maximum atomic E-state index is 13.0. The number of ether oxygens (including phenoxy) is 1. The van der Waals surface area contributed by atoms with Gasteiger partial charge in [-0.3, -0.25) is 0 Å². The second-order valence-corrected chi connectivity index (χ2v) is 8.79. The molecule has 5 rings (SSSR count). The molecule has 0 aromatic heterocycles. The smallest absolute Gasteiger partial charge is 0.322 e. The van der Waals surface area contributed by atoms with Gasteiger partial charge in [0.15, 0.2) is 5.75 Å². The summed E-state index contributed by atoms with van der Waals surface area (Å²) in [7, 11) is 0. The minimum atomic E-state index is -0.0706. The monoisotopic (exact) mass is 440 g/mol. The molecule has 0 radical (unpaired) electrons. The van der Waals surface area contributed by atoms with Gasteiger partial charge in [-0.05, 0) is 57.2 Å². The Hall–Kier alpha value is -3.80. The van der Waals surface area contributed by atoms with Crippen LogP contribution in [0.25, 0.3) is 0 Å². The molecule has 0 saturated carbocycles. The van der Waals surface area contributed by atoms with Crippen molar-refractivity contribution in [2.75, 3.05) is 25.0 Å². The SMILES string of the molecule is Cc1ccc(NC(=O)N2CCN(C3=Nc4ccccc4Oc4ccc(C)cc43)C[C@H]2C)cc1. The molecule has 0 spiro atoms. The van der Waals surface area contributed by atoms with Crippen LogP contribution < -0.4 is 10.1 Å². The number of piperazine rings is 1. The van der Waals surface area contributed by atoms with Crippen LogP contribution in [0, 0.1) is 13.8 Å². The minimum Gasteiger partial charge on any atom is -0.454 e. The zero-order valence-corrected chi connectivity index (χ0v) is 19.2. The Bertz CT molecular complexity index is 1220. The third-order valence-electron chi connectivity index (χ3n) is 6.18. The van der Waals surface area contributed by atoms with Gasteiger partial charge >= 0.3 is 6.03 Å². The highest BCUT2D eigenvalue weighted by Gasteiger charge is 2.31. The number of hydrogen-bond donors (Lipinski definition) is 1. The first-order chi connectivity index (χ1) is 16.0. The maximum absolute atomic E-state index is 13.0. The van der Waals surface area contributed by atoms with Crippen LogP contribution in [0.3, 0.4) is 0 Å². The summed E-state index contributed by atoms with van der Waals surface area (Å²) >= 11 is 0. The van der Waals surface area contributed by atoms with Gasteiger partial charge in [0, 0.05) is 31.4 Å². The summed E-state index contributed by atoms with van der Waals surface area (Å²) in [5.74, 6) is 2.45. The van der Waals surface area contributed by atoms with E-state index >= 15 is 0 Å². The molecular weight excluding hydrogens is 412 g/mol. The number of nitrogens with zero attached hydrogens (tertiary/aromatic N) is 3. The van der Waals surface area contributed by atoms with Gasteiger partial charge in [0.1, 0.15) is 17.3 Å². The molecule has 33 heavy (non-hydrogen) atoms. The zero-order valence-electron chi connectivity index (χ0n) is 19.2. The molecular formula is C27H28N4O2. The Morgan fingerprint density at radius 2 is 1.73 bits per heavy atom. The summed E-state index contributed by atoms with van der Waals surface area (Å²) in [5.41, 5.74) is 4.93. The van der Waals surface area contributed by atoms with Crippen LogP contribution in [-0.2, 0) is 0 Å². The minimum absolute atomic E-state index is 0.0274. The van der Waals surface area contributed by atoms with Crippen LogP contribution in [0.1, 0.15) is 23.6 Å². The van der Waals surface area contributed by atoms with Crippen LogP contribution in [0.2, 0.25) is 0 Å². The molecule has 168 valence electrons. The molecule has 2 heterocycles. The summed E-state index contributed by atoms with van der Waals surface area (Å²) in [6.07, 6.45) is 0. The average molecular weight is 441 g/mol. The van der Waals surface area contributed by atoms with Crippen molar-refractivity contribution in [3.63, 3.8) is 0 Å². The molecule has 1 N–H and O–H groups in total. The molecule has 1 fully saturated rings. The number of aliphatic imine (C=N–C) groups is 1. The molecule has 2 amide bonds. The number of anilines is 1. The number of amidine groups is 1. The maximum Gasteiger partial charge on any atom is 0.322 e. The molecule has 0 aliphatic carbocycles. The Morgan fingerprint density at radius 1 is 0.970 bits per heavy atom. The molecule has 1 saturated heterocycles. The Morgan fingerprint density at radius 3 is 2.52 bits per heavy atom. The number of carbonyl (C=O) groups is 1. The summed E-state index contributed by atoms with van der Waals surface area (Å²) in [5, 5.41) is 3.03. The third-order valence-corrected chi connectivity index (χ3v) is 6.18. The molecule has 3 aromatic carbocycles. The summed E-state index contributed by atoms with van der Waals surface area (Å²) in [6.45, 7) is 8.19. The summed E-state index contributed by atoms with van der Waals surface area (Å²) < 4.78 is 6.22. The number of para-hydroxylation sites is 2. The Labute approximate surface area is 194 Å². The lowest BCUT2D eigenvalue weighted by atomic mass is 10.1. The highest BCUT2D eigenvalue weighted by molar-refractivity contribution is 6.04. The van der Waals surface area contributed by atoms with E-state index in [0.29, 0.717) is 19.6 Å². The summed E-state index contributed by atoms with van der Waals surface area (Å²) in [4.78, 5) is 22.1. The van der Waals surface area contributed by atoms with Gasteiger partial charge < -0.3 is 19.9 Å². The predicted molar refractivity (Wildman–Crippen MR) is 132 cm³/mol. The van der Waals surface area contributed by atoms with E-state index in [9.17, 15) is 4.79 Å². The second-order valence-electron chi connectivity index (χ2n) is 8.79. The Kier molecular flexibility index (Phi) is 5.50. The molecule has 1 atom stereocenters. The van der Waals surface area contributed by atoms with Gasteiger partial charge in [0.25, 0.3) is 0 Å². The van der Waals surface area contributed by atoms with Crippen LogP contribution in [0.4, 0.5) is 16.2 Å². The van der Waals surface area contributed by atoms with Crippen molar-refractivity contribution in [3.8, 4) is 11.5 Å². The van der Waals surface area contributed by atoms with Crippen molar-refractivity contribution in [1.82, 2.24) is 9.80 Å². The number of nitrogens with one attached hydrogen (secondary N) is 1. The van der Waals surface area contributed by atoms with E-state index in [1.54, 1.807) is 0 Å². The van der Waals surface area contributed by atoms with Crippen molar-refractivity contribution in [2.45, 2.75) is 26.8 Å². The third kappa shape index (κ3) is 4.29. The quantitative estimate of drug-likeness (QED) is 0.526. The van der Waals surface area contributed by atoms with Crippen LogP contribution >= 0.6 is 0 Å². The zero-order chi connectivity index (χ0) is 22.9. The number of carbonyl (C=O) groups excluding carboxylic acids is 1. The largest absolute Gasteiger partial charge is 0.454 e. The molecule has 0 bridgehead atoms. The molecule has 6 heteroatoms. The van der Waals surface area contributed by atoms with Crippen molar-refractivity contribution < 1.29 is 9.53 Å². The van der Waals surface area contributed by atoms with Gasteiger partial charge in [-0.1, -0.05) is 41.5 Å². The number of hydrogen-bond acceptors (Lipinski definition) is 4. The second kappa shape index (κ2) is 8.62. The van der Waals surface area contributed by atoms with E-state index in [1.807, 2.05) is 66.4 Å². The van der Waals surface area contributed by atoms with Crippen molar-refractivity contribution in [3.05, 3.63) is 83.4 Å². The van der Waals surface area contributed by atoms with Crippen molar-refractivity contribution in [1.29, 1.82) is 0 Å². The number of benzene rings is 3. The van der Waals surface area contributed by atoms with Gasteiger partial charge in [-0.25, -0.2) is 9.79 Å². The molecule has 6 nitrogen and oxygen atoms in total. The predicted octanol–water partition coefficient (Wildman–Crippen LogP) is 5.73. The van der Waals surface area contributed by atoms with Gasteiger partial charge in [0.2, 0.25) is 0 Å². The fourth-order valence-electron chi connectivity index (χ4n) is 4.36. The topological polar surface area (TPSA) is 57.2 Å². The molecule has 2 aliphatic heterocycles. The van der Waals surface area contributed by atoms with Crippen molar-refractivity contribution in [2.24, 2.45) is 4.99 Å². The van der Waals surface area contributed by atoms with E-state index in [-0.39, 0.29) is 12.1 Å². The molecule has 2 aliphatic rings. The van der Waals surface area contributed by atoms with E-state index in [4.69, 9.17) is 9.73 Å². The van der Waals surface area contributed by atoms with Crippen LogP contribution in [0.5, 0.6) is 11.5 Å². The molecule has 0 unspecified atom stereocenters. The van der Waals surface area contributed by atoms with Gasteiger partial charge in [-0.15, -0.1) is 0 Å². The van der Waals surface area contributed by atoms with E-state index < -0.39 is 0 Å². The van der Waals surface area contributed by atoms with E-state index in [1.165, 1.54) is 5.56 Å². The number of fused-ring (bicyclic) bond motifs is 2. The van der Waals surface area contributed by atoms with Crippen molar-refractivity contribution >= 4 is 23.2 Å². The Balaban J connectivity index is 1.39. The van der Waals surface area contributed by atoms with Crippen LogP contribution in [-0.4, -0.2) is 47.3 Å². The standard InChI is InChI=1S/C27H28N4O2/c1-18-8-11-21(12-9-18)28-27(32)31-15-14-30(17-20(31)3)26-22-16-19(2)10-13-24(22)33-25-7-5-4-6-23(25)29-26/h4-13,16,20H,14-15,17H2,1-3H3,(H,28,32)/t20-/m1/s1. The van der Waals surface area contributed by atoms with E-state index in [0.717, 1.165) is 39.8 Å². The normalized spacial score (nSPS) is 17.3. The van der Waals surface area contributed by atoms with E-state index in [2.05, 4.69) is 36.2 Å². The average Bonchev–Trinajstić information content (AvgIpc) is 2.97. The first-order valence-electron chi connectivity index (χ1n) is 11.3. The number of amides is 2. The number of aryl methyl sites for hydroxylation is 2. The highest BCUT2D eigenvalue weighted by atomic mass is 16.5. The number of rotatable bonds is 1. The highest BCUT2D eigenvalue weighted by Crippen LogP contribution is 2.38. The van der Waals surface area contributed by atoms with Crippen LogP contribution in [0.15, 0.2) is 71.7 Å². The van der Waals surface area contributed by atoms with Gasteiger partial charge in [0.05, 0.1) is 5.56 Å². The lowest BCUT2D eigenvalue weighted by Gasteiger charge is -2.41.